The highest BCUT2D eigenvalue weighted by Gasteiger charge is 2.37. The maximum atomic E-state index is 13.2. The Morgan fingerprint density at radius 1 is 1.11 bits per heavy atom. The van der Waals surface area contributed by atoms with Crippen LogP contribution in [0.15, 0.2) is 48.5 Å². The van der Waals surface area contributed by atoms with E-state index < -0.39 is 23.7 Å². The molecule has 0 bridgehead atoms. The lowest BCUT2D eigenvalue weighted by molar-refractivity contribution is -0.137. The summed E-state index contributed by atoms with van der Waals surface area (Å²) in [5.74, 6) is -0.866. The number of carbonyl (C=O) groups excluding carboxylic acids is 2. The summed E-state index contributed by atoms with van der Waals surface area (Å²) >= 11 is 0. The zero-order valence-corrected chi connectivity index (χ0v) is 14.7. The van der Waals surface area contributed by atoms with Crippen molar-refractivity contribution in [1.82, 2.24) is 0 Å². The number of anilines is 2. The molecule has 0 radical (unpaired) electrons. The molecule has 0 spiro atoms. The first kappa shape index (κ1) is 18.9. The average Bonchev–Trinajstić information content (AvgIpc) is 2.66. The van der Waals surface area contributed by atoms with Crippen molar-refractivity contribution in [2.75, 3.05) is 10.2 Å². The smallest absolute Gasteiger partial charge is 0.324 e. The summed E-state index contributed by atoms with van der Waals surface area (Å²) in [6.45, 7) is 1.69. The van der Waals surface area contributed by atoms with Crippen LogP contribution in [0.5, 0.6) is 0 Å². The van der Waals surface area contributed by atoms with E-state index >= 15 is 0 Å². The number of para-hydroxylation sites is 2. The maximum absolute atomic E-state index is 13.2. The topological polar surface area (TPSA) is 49.4 Å². The number of aryl methyl sites for hydroxylation is 1. The van der Waals surface area contributed by atoms with E-state index in [4.69, 9.17) is 0 Å². The molecule has 0 saturated carbocycles. The fraction of sp³-hybridized carbons (Fsp3) is 0.300. The van der Waals surface area contributed by atoms with E-state index in [1.54, 1.807) is 19.1 Å². The Hall–Kier alpha value is -2.83. The number of benzene rings is 2. The minimum atomic E-state index is -4.58. The third-order valence-corrected chi connectivity index (χ3v) is 4.61. The van der Waals surface area contributed by atoms with E-state index in [2.05, 4.69) is 5.32 Å². The number of fused-ring (bicyclic) bond motifs is 1. The highest BCUT2D eigenvalue weighted by molar-refractivity contribution is 6.06. The van der Waals surface area contributed by atoms with Crippen molar-refractivity contribution < 1.29 is 22.8 Å². The third kappa shape index (κ3) is 3.82. The van der Waals surface area contributed by atoms with Crippen LogP contribution in [0, 0.1) is 0 Å². The lowest BCUT2D eigenvalue weighted by Gasteiger charge is -2.36. The van der Waals surface area contributed by atoms with Crippen molar-refractivity contribution in [3.63, 3.8) is 0 Å². The van der Waals surface area contributed by atoms with Gasteiger partial charge in [0.05, 0.1) is 11.3 Å². The van der Waals surface area contributed by atoms with Gasteiger partial charge in [-0.1, -0.05) is 37.3 Å². The molecule has 2 amide bonds. The second-order valence-corrected chi connectivity index (χ2v) is 6.33. The average molecular weight is 376 g/mol. The zero-order chi connectivity index (χ0) is 19.6. The molecule has 0 aliphatic carbocycles. The van der Waals surface area contributed by atoms with Gasteiger partial charge in [-0.3, -0.25) is 14.5 Å². The molecule has 4 nitrogen and oxygen atoms in total. The van der Waals surface area contributed by atoms with E-state index in [-0.39, 0.29) is 18.0 Å². The van der Waals surface area contributed by atoms with Gasteiger partial charge in [0.2, 0.25) is 11.8 Å². The highest BCUT2D eigenvalue weighted by atomic mass is 19.4. The number of nitrogens with zero attached hydrogens (tertiary/aromatic N) is 1. The molecule has 2 aromatic carbocycles. The van der Waals surface area contributed by atoms with Crippen LogP contribution in [0.4, 0.5) is 24.5 Å². The molecule has 3 rings (SSSR count). The predicted molar refractivity (Wildman–Crippen MR) is 96.4 cm³/mol. The van der Waals surface area contributed by atoms with E-state index in [0.717, 1.165) is 11.6 Å². The van der Waals surface area contributed by atoms with Gasteiger partial charge < -0.3 is 5.32 Å². The minimum Gasteiger partial charge on any atom is -0.324 e. The van der Waals surface area contributed by atoms with Crippen molar-refractivity contribution in [2.45, 2.75) is 38.4 Å². The number of nitrogens with one attached hydrogen (secondary N) is 1. The van der Waals surface area contributed by atoms with Gasteiger partial charge in [0, 0.05) is 12.1 Å². The molecule has 1 unspecified atom stereocenters. The number of carbonyl (C=O) groups is 2. The molecule has 27 heavy (non-hydrogen) atoms. The lowest BCUT2D eigenvalue weighted by Crippen LogP contribution is -2.50. The first-order valence-electron chi connectivity index (χ1n) is 8.70. The molecule has 142 valence electrons. The van der Waals surface area contributed by atoms with Crippen LogP contribution >= 0.6 is 0 Å². The summed E-state index contributed by atoms with van der Waals surface area (Å²) in [4.78, 5) is 26.7. The largest absolute Gasteiger partial charge is 0.418 e. The highest BCUT2D eigenvalue weighted by Crippen LogP contribution is 2.36. The first-order valence-corrected chi connectivity index (χ1v) is 8.70. The minimum absolute atomic E-state index is 0.192. The van der Waals surface area contributed by atoms with E-state index in [0.29, 0.717) is 18.5 Å². The molecular weight excluding hydrogens is 357 g/mol. The van der Waals surface area contributed by atoms with Crippen LogP contribution in [-0.2, 0) is 22.2 Å². The zero-order valence-electron chi connectivity index (χ0n) is 14.7. The van der Waals surface area contributed by atoms with Gasteiger partial charge in [-0.05, 0) is 36.6 Å². The van der Waals surface area contributed by atoms with Crippen molar-refractivity contribution in [1.29, 1.82) is 0 Å². The van der Waals surface area contributed by atoms with Crippen LogP contribution in [0.25, 0.3) is 0 Å². The second-order valence-electron chi connectivity index (χ2n) is 6.33. The van der Waals surface area contributed by atoms with Gasteiger partial charge in [-0.15, -0.1) is 0 Å². The number of hydrogen-bond donors (Lipinski definition) is 1. The molecule has 1 N–H and O–H groups in total. The summed E-state index contributed by atoms with van der Waals surface area (Å²) in [6.07, 6.45) is -3.47. The maximum Gasteiger partial charge on any atom is 0.418 e. The molecule has 1 heterocycles. The lowest BCUT2D eigenvalue weighted by atomic mass is 9.94. The van der Waals surface area contributed by atoms with Crippen molar-refractivity contribution >= 4 is 23.2 Å². The Morgan fingerprint density at radius 3 is 2.48 bits per heavy atom. The predicted octanol–water partition coefficient (Wildman–Crippen LogP) is 4.40. The molecule has 1 aliphatic rings. The monoisotopic (exact) mass is 376 g/mol. The van der Waals surface area contributed by atoms with Crippen molar-refractivity contribution in [2.24, 2.45) is 0 Å². The van der Waals surface area contributed by atoms with Crippen LogP contribution < -0.4 is 10.2 Å². The molecular formula is C20H19F3N2O2. The number of hydrogen-bond acceptors (Lipinski definition) is 2. The van der Waals surface area contributed by atoms with Crippen molar-refractivity contribution in [3.8, 4) is 0 Å². The van der Waals surface area contributed by atoms with Crippen LogP contribution in [0.1, 0.15) is 30.9 Å². The molecule has 0 aromatic heterocycles. The second kappa shape index (κ2) is 7.42. The SMILES string of the molecule is CCC(=O)N1c2ccccc2CCC1C(=O)Nc1ccccc1C(F)(F)F. The number of halogens is 3. The Morgan fingerprint density at radius 2 is 1.78 bits per heavy atom. The molecule has 1 aliphatic heterocycles. The number of amides is 2. The molecule has 1 atom stereocenters. The van der Waals surface area contributed by atoms with Gasteiger partial charge in [-0.25, -0.2) is 0 Å². The van der Waals surface area contributed by atoms with Crippen LogP contribution in [0.3, 0.4) is 0 Å². The van der Waals surface area contributed by atoms with E-state index in [1.165, 1.54) is 23.1 Å². The fourth-order valence-corrected chi connectivity index (χ4v) is 3.33. The number of alkyl halides is 3. The molecule has 2 aromatic rings. The van der Waals surface area contributed by atoms with Crippen LogP contribution in [0.2, 0.25) is 0 Å². The van der Waals surface area contributed by atoms with Gasteiger partial charge in [-0.2, -0.15) is 13.2 Å². The summed E-state index contributed by atoms with van der Waals surface area (Å²) < 4.78 is 39.5. The molecule has 0 saturated heterocycles. The normalized spacial score (nSPS) is 16.6. The van der Waals surface area contributed by atoms with Gasteiger partial charge in [0.25, 0.3) is 0 Å². The fourth-order valence-electron chi connectivity index (χ4n) is 3.33. The van der Waals surface area contributed by atoms with E-state index in [1.807, 2.05) is 12.1 Å². The van der Waals surface area contributed by atoms with Gasteiger partial charge in [0.15, 0.2) is 0 Å². The Kier molecular flexibility index (Phi) is 5.21. The summed E-state index contributed by atoms with van der Waals surface area (Å²) in [6, 6.07) is 11.2. The molecule has 7 heteroatoms. The van der Waals surface area contributed by atoms with Crippen LogP contribution in [-0.4, -0.2) is 17.9 Å². The van der Waals surface area contributed by atoms with Crippen molar-refractivity contribution in [3.05, 3.63) is 59.7 Å². The summed E-state index contributed by atoms with van der Waals surface area (Å²) in [5.41, 5.74) is 0.361. The Labute approximate surface area is 155 Å². The Balaban J connectivity index is 1.92. The number of rotatable bonds is 3. The van der Waals surface area contributed by atoms with E-state index in [9.17, 15) is 22.8 Å². The van der Waals surface area contributed by atoms with Gasteiger partial charge in [0.1, 0.15) is 6.04 Å². The first-order chi connectivity index (χ1) is 12.8. The summed E-state index contributed by atoms with van der Waals surface area (Å²) in [5, 5.41) is 2.37. The standard InChI is InChI=1S/C20H19F3N2O2/c1-2-18(26)25-16-10-6-3-7-13(16)11-12-17(25)19(27)24-15-9-5-4-8-14(15)20(21,22)23/h3-10,17H,2,11-12H2,1H3,(H,24,27). The molecule has 0 fully saturated rings. The third-order valence-electron chi connectivity index (χ3n) is 4.61. The van der Waals surface area contributed by atoms with Gasteiger partial charge >= 0.3 is 6.18 Å². The summed E-state index contributed by atoms with van der Waals surface area (Å²) in [7, 11) is 0. The quantitative estimate of drug-likeness (QED) is 0.863. The Bertz CT molecular complexity index is 864.